The fourth-order valence-electron chi connectivity index (χ4n) is 3.72. The van der Waals surface area contributed by atoms with E-state index in [0.717, 1.165) is 37.2 Å². The molecule has 1 aliphatic heterocycles. The van der Waals surface area contributed by atoms with Crippen LogP contribution in [0.15, 0.2) is 53.5 Å². The largest absolute Gasteiger partial charge is 0.292 e. The Kier molecular flexibility index (Phi) is 4.06. The Labute approximate surface area is 147 Å². The number of hydrogen-bond donors (Lipinski definition) is 0. The molecule has 1 unspecified atom stereocenters. The number of fused-ring (bicyclic) bond motifs is 1. The number of aliphatic imine (C=N–C) groups is 1. The summed E-state index contributed by atoms with van der Waals surface area (Å²) < 4.78 is 0. The van der Waals surface area contributed by atoms with Gasteiger partial charge in [-0.1, -0.05) is 36.4 Å². The first-order valence-electron chi connectivity index (χ1n) is 8.72. The lowest BCUT2D eigenvalue weighted by Gasteiger charge is -2.31. The molecule has 0 aromatic heterocycles. The van der Waals surface area contributed by atoms with E-state index in [-0.39, 0.29) is 11.6 Å². The smallest absolute Gasteiger partial charge is 0.210 e. The van der Waals surface area contributed by atoms with E-state index in [1.54, 1.807) is 18.2 Å². The van der Waals surface area contributed by atoms with E-state index in [0.29, 0.717) is 16.8 Å². The molecule has 0 N–H and O–H groups in total. The second kappa shape index (κ2) is 6.37. The summed E-state index contributed by atoms with van der Waals surface area (Å²) in [5.74, 6) is -0.142. The first-order valence-corrected chi connectivity index (χ1v) is 8.72. The van der Waals surface area contributed by atoms with Crippen molar-refractivity contribution < 1.29 is 9.59 Å². The Morgan fingerprint density at radius 1 is 0.960 bits per heavy atom. The predicted octanol–water partition coefficient (Wildman–Crippen LogP) is 3.61. The molecule has 2 aromatic carbocycles. The van der Waals surface area contributed by atoms with Gasteiger partial charge in [0, 0.05) is 11.1 Å². The number of benzene rings is 2. The second-order valence-electron chi connectivity index (χ2n) is 6.72. The topological polar surface area (TPSA) is 49.7 Å². The van der Waals surface area contributed by atoms with Gasteiger partial charge >= 0.3 is 0 Å². The highest BCUT2D eigenvalue weighted by atomic mass is 16.1. The monoisotopic (exact) mass is 332 g/mol. The highest BCUT2D eigenvalue weighted by molar-refractivity contribution is 6.55. The molecular weight excluding hydrogens is 312 g/mol. The predicted molar refractivity (Wildman–Crippen MR) is 98.0 cm³/mol. The van der Waals surface area contributed by atoms with E-state index in [1.807, 2.05) is 37.3 Å². The molecule has 4 heteroatoms. The molecular formula is C21H20N2O2. The Balaban J connectivity index is 1.86. The highest BCUT2D eigenvalue weighted by Gasteiger charge is 2.42. The van der Waals surface area contributed by atoms with Gasteiger partial charge in [-0.3, -0.25) is 14.5 Å². The molecule has 0 radical (unpaired) electrons. The quantitative estimate of drug-likeness (QED) is 0.844. The van der Waals surface area contributed by atoms with E-state index in [4.69, 9.17) is 0 Å². The van der Waals surface area contributed by atoms with Crippen LogP contribution in [0.1, 0.15) is 39.1 Å². The maximum absolute atomic E-state index is 13.1. The summed E-state index contributed by atoms with van der Waals surface area (Å²) in [6, 6.07) is 14.2. The van der Waals surface area contributed by atoms with Gasteiger partial charge in [-0.05, 0) is 50.6 Å². The molecule has 25 heavy (non-hydrogen) atoms. The van der Waals surface area contributed by atoms with Gasteiger partial charge in [0.25, 0.3) is 0 Å². The van der Waals surface area contributed by atoms with Crippen molar-refractivity contribution in [2.45, 2.75) is 25.8 Å². The molecule has 126 valence electrons. The zero-order valence-corrected chi connectivity index (χ0v) is 14.2. The molecule has 2 aromatic rings. The number of carbonyl (C=O) groups is 2. The fraction of sp³-hybridized carbons (Fsp3) is 0.286. The SMILES string of the molecule is Cc1cccc(N=C2C(=O)c3ccccc3C(=O)C2N2CCCC2)c1. The lowest BCUT2D eigenvalue weighted by Crippen LogP contribution is -2.51. The summed E-state index contributed by atoms with van der Waals surface area (Å²) in [6.07, 6.45) is 2.11. The van der Waals surface area contributed by atoms with Crippen LogP contribution >= 0.6 is 0 Å². The number of nitrogens with zero attached hydrogens (tertiary/aromatic N) is 2. The molecule has 0 bridgehead atoms. The van der Waals surface area contributed by atoms with Crippen molar-refractivity contribution in [3.63, 3.8) is 0 Å². The number of Topliss-reactive ketones (excluding diaryl/α,β-unsaturated/α-hetero) is 2. The number of carbonyl (C=O) groups excluding carboxylic acids is 2. The Morgan fingerprint density at radius 3 is 2.40 bits per heavy atom. The summed E-state index contributed by atoms with van der Waals surface area (Å²) in [7, 11) is 0. The van der Waals surface area contributed by atoms with Gasteiger partial charge in [-0.25, -0.2) is 4.99 Å². The van der Waals surface area contributed by atoms with Crippen LogP contribution in [-0.4, -0.2) is 41.3 Å². The molecule has 1 fully saturated rings. The lowest BCUT2D eigenvalue weighted by molar-refractivity contribution is 0.0873. The van der Waals surface area contributed by atoms with Crippen LogP contribution in [-0.2, 0) is 0 Å². The van der Waals surface area contributed by atoms with Crippen LogP contribution in [0.25, 0.3) is 0 Å². The third-order valence-electron chi connectivity index (χ3n) is 4.93. The summed E-state index contributed by atoms with van der Waals surface area (Å²) >= 11 is 0. The van der Waals surface area contributed by atoms with Gasteiger partial charge in [0.05, 0.1) is 5.69 Å². The van der Waals surface area contributed by atoms with Gasteiger partial charge in [-0.2, -0.15) is 0 Å². The van der Waals surface area contributed by atoms with Crippen molar-refractivity contribution in [2.75, 3.05) is 13.1 Å². The summed E-state index contributed by atoms with van der Waals surface area (Å²) in [5.41, 5.74) is 3.15. The first kappa shape index (κ1) is 15.9. The third-order valence-corrected chi connectivity index (χ3v) is 4.93. The molecule has 1 atom stereocenters. The van der Waals surface area contributed by atoms with Crippen LogP contribution in [0.5, 0.6) is 0 Å². The number of likely N-dealkylation sites (tertiary alicyclic amines) is 1. The van der Waals surface area contributed by atoms with E-state index in [9.17, 15) is 9.59 Å². The molecule has 1 aliphatic carbocycles. The van der Waals surface area contributed by atoms with Crippen LogP contribution in [0.2, 0.25) is 0 Å². The Hall–Kier alpha value is -2.59. The van der Waals surface area contributed by atoms with Crippen LogP contribution in [0, 0.1) is 6.92 Å². The molecule has 2 aliphatic rings. The zero-order chi connectivity index (χ0) is 17.4. The first-order chi connectivity index (χ1) is 12.1. The van der Waals surface area contributed by atoms with Crippen LogP contribution < -0.4 is 0 Å². The Bertz CT molecular complexity index is 879. The molecule has 0 amide bonds. The van der Waals surface area contributed by atoms with E-state index < -0.39 is 6.04 Å². The maximum atomic E-state index is 13.1. The Morgan fingerprint density at radius 2 is 1.68 bits per heavy atom. The van der Waals surface area contributed by atoms with Crippen molar-refractivity contribution in [3.8, 4) is 0 Å². The molecule has 4 rings (SSSR count). The average molecular weight is 332 g/mol. The van der Waals surface area contributed by atoms with Crippen LogP contribution in [0.3, 0.4) is 0 Å². The van der Waals surface area contributed by atoms with Gasteiger partial charge in [0.2, 0.25) is 5.78 Å². The van der Waals surface area contributed by atoms with Crippen molar-refractivity contribution in [3.05, 3.63) is 65.2 Å². The minimum absolute atomic E-state index is 0.0106. The van der Waals surface area contributed by atoms with Crippen molar-refractivity contribution in [1.82, 2.24) is 4.90 Å². The summed E-state index contributed by atoms with van der Waals surface area (Å²) in [5, 5.41) is 0. The normalized spacial score (nSPS) is 22.4. The number of ketones is 2. The van der Waals surface area contributed by atoms with Gasteiger partial charge < -0.3 is 0 Å². The molecule has 0 saturated carbocycles. The van der Waals surface area contributed by atoms with Crippen molar-refractivity contribution in [2.24, 2.45) is 4.99 Å². The number of rotatable bonds is 2. The standard InChI is InChI=1S/C21H20N2O2/c1-14-7-6-8-15(13-14)22-18-19(23-11-4-5-12-23)21(25)17-10-3-2-9-16(17)20(18)24/h2-3,6-10,13,19H,4-5,11-12H2,1H3. The van der Waals surface area contributed by atoms with Crippen molar-refractivity contribution >= 4 is 23.0 Å². The van der Waals surface area contributed by atoms with Gasteiger partial charge in [0.15, 0.2) is 5.78 Å². The highest BCUT2D eigenvalue weighted by Crippen LogP contribution is 2.27. The minimum Gasteiger partial charge on any atom is -0.292 e. The molecule has 1 saturated heterocycles. The third kappa shape index (κ3) is 2.83. The minimum atomic E-state index is -0.564. The molecule has 1 heterocycles. The average Bonchev–Trinajstić information content (AvgIpc) is 3.14. The van der Waals surface area contributed by atoms with Gasteiger partial charge in [0.1, 0.15) is 11.8 Å². The van der Waals surface area contributed by atoms with Crippen LogP contribution in [0.4, 0.5) is 5.69 Å². The lowest BCUT2D eigenvalue weighted by atomic mass is 9.83. The van der Waals surface area contributed by atoms with Crippen molar-refractivity contribution in [1.29, 1.82) is 0 Å². The van der Waals surface area contributed by atoms with E-state index in [1.165, 1.54) is 0 Å². The molecule has 0 spiro atoms. The summed E-state index contributed by atoms with van der Waals surface area (Å²) in [4.78, 5) is 33.0. The number of hydrogen-bond acceptors (Lipinski definition) is 4. The fourth-order valence-corrected chi connectivity index (χ4v) is 3.72. The second-order valence-corrected chi connectivity index (χ2v) is 6.72. The molecule has 4 nitrogen and oxygen atoms in total. The van der Waals surface area contributed by atoms with Gasteiger partial charge in [-0.15, -0.1) is 0 Å². The van der Waals surface area contributed by atoms with E-state index >= 15 is 0 Å². The zero-order valence-electron chi connectivity index (χ0n) is 14.2. The maximum Gasteiger partial charge on any atom is 0.210 e. The van der Waals surface area contributed by atoms with E-state index in [2.05, 4.69) is 9.89 Å². The summed E-state index contributed by atoms with van der Waals surface area (Å²) in [6.45, 7) is 3.65. The number of aryl methyl sites for hydroxylation is 1.